The average molecular weight is 296 g/mol. The van der Waals surface area contributed by atoms with E-state index in [4.69, 9.17) is 23.2 Å². The molecule has 0 amide bonds. The smallest absolute Gasteiger partial charge is 0.280 e. The number of rotatable bonds is 3. The van der Waals surface area contributed by atoms with Crippen LogP contribution in [0.1, 0.15) is 10.4 Å². The molecule has 0 heterocycles. The molecule has 0 N–H and O–H groups in total. The van der Waals surface area contributed by atoms with Crippen molar-refractivity contribution in [2.75, 3.05) is 0 Å². The Kier molecular flexibility index (Phi) is 3.83. The summed E-state index contributed by atoms with van der Waals surface area (Å²) in [7, 11) is 0. The van der Waals surface area contributed by atoms with Gasteiger partial charge in [-0.15, -0.1) is 0 Å². The molecule has 4 nitrogen and oxygen atoms in total. The van der Waals surface area contributed by atoms with Crippen molar-refractivity contribution >= 4 is 35.2 Å². The lowest BCUT2D eigenvalue weighted by Gasteiger charge is -2.04. The minimum atomic E-state index is -0.593. The van der Waals surface area contributed by atoms with E-state index in [-0.39, 0.29) is 11.3 Å². The summed E-state index contributed by atoms with van der Waals surface area (Å²) in [6, 6.07) is 9.29. The van der Waals surface area contributed by atoms with E-state index in [0.29, 0.717) is 27.5 Å². The summed E-state index contributed by atoms with van der Waals surface area (Å²) in [6.45, 7) is 0. The fourth-order valence-electron chi connectivity index (χ4n) is 1.66. The van der Waals surface area contributed by atoms with Gasteiger partial charge in [0.05, 0.1) is 20.5 Å². The summed E-state index contributed by atoms with van der Waals surface area (Å²) in [5.74, 6) is 0. The number of benzene rings is 2. The molecule has 0 aliphatic rings. The number of nitrogens with zero attached hydrogens (tertiary/aromatic N) is 1. The number of hydrogen-bond donors (Lipinski definition) is 0. The summed E-state index contributed by atoms with van der Waals surface area (Å²) in [4.78, 5) is 21.0. The van der Waals surface area contributed by atoms with E-state index in [9.17, 15) is 14.9 Å². The van der Waals surface area contributed by atoms with Crippen molar-refractivity contribution < 1.29 is 9.72 Å². The van der Waals surface area contributed by atoms with Crippen LogP contribution in [0, 0.1) is 10.1 Å². The number of carbonyl (C=O) groups is 1. The summed E-state index contributed by atoms with van der Waals surface area (Å²) in [5, 5.41) is 11.7. The summed E-state index contributed by atoms with van der Waals surface area (Å²) in [5.41, 5.74) is 1.08. The molecule has 96 valence electrons. The van der Waals surface area contributed by atoms with Gasteiger partial charge in [0.2, 0.25) is 0 Å². The van der Waals surface area contributed by atoms with Crippen LogP contribution in [-0.4, -0.2) is 11.2 Å². The summed E-state index contributed by atoms with van der Waals surface area (Å²) < 4.78 is 0. The van der Waals surface area contributed by atoms with Crippen molar-refractivity contribution in [2.45, 2.75) is 0 Å². The Morgan fingerprint density at radius 3 is 2.21 bits per heavy atom. The van der Waals surface area contributed by atoms with Gasteiger partial charge in [0.15, 0.2) is 6.29 Å². The lowest BCUT2D eigenvalue weighted by molar-refractivity contribution is -0.385. The van der Waals surface area contributed by atoms with Gasteiger partial charge in [-0.3, -0.25) is 14.9 Å². The Balaban J connectivity index is 2.56. The van der Waals surface area contributed by atoms with Gasteiger partial charge in [-0.1, -0.05) is 35.3 Å². The maximum atomic E-state index is 10.9. The second kappa shape index (κ2) is 5.38. The monoisotopic (exact) mass is 295 g/mol. The molecular formula is C13H7Cl2NO3. The third-order valence-corrected chi connectivity index (χ3v) is 3.35. The zero-order valence-electron chi connectivity index (χ0n) is 9.47. The maximum Gasteiger partial charge on any atom is 0.280 e. The number of halogens is 2. The molecule has 0 radical (unpaired) electrons. The van der Waals surface area contributed by atoms with Gasteiger partial charge >= 0.3 is 0 Å². The fourth-order valence-corrected chi connectivity index (χ4v) is 1.95. The van der Waals surface area contributed by atoms with E-state index in [0.717, 1.165) is 0 Å². The SMILES string of the molecule is O=Cc1ccc(-c2ccc(Cl)c(Cl)c2)cc1[N+](=O)[O-]. The van der Waals surface area contributed by atoms with Crippen molar-refractivity contribution in [1.29, 1.82) is 0 Å². The minimum absolute atomic E-state index is 0.0359. The van der Waals surface area contributed by atoms with Gasteiger partial charge in [0, 0.05) is 6.07 Å². The van der Waals surface area contributed by atoms with Gasteiger partial charge in [0.25, 0.3) is 5.69 Å². The molecule has 0 fully saturated rings. The first-order chi connectivity index (χ1) is 9.02. The molecule has 0 saturated heterocycles. The summed E-state index contributed by atoms with van der Waals surface area (Å²) in [6.07, 6.45) is 0.455. The molecule has 19 heavy (non-hydrogen) atoms. The van der Waals surface area contributed by atoms with E-state index in [1.54, 1.807) is 24.3 Å². The molecule has 2 aromatic rings. The number of hydrogen-bond acceptors (Lipinski definition) is 3. The predicted octanol–water partition coefficient (Wildman–Crippen LogP) is 4.38. The zero-order chi connectivity index (χ0) is 14.0. The number of nitro benzene ring substituents is 1. The highest BCUT2D eigenvalue weighted by Crippen LogP contribution is 2.31. The zero-order valence-corrected chi connectivity index (χ0v) is 11.0. The van der Waals surface area contributed by atoms with Crippen molar-refractivity contribution in [3.63, 3.8) is 0 Å². The second-order valence-corrected chi connectivity index (χ2v) is 4.59. The molecule has 0 atom stereocenters. The maximum absolute atomic E-state index is 10.9. The van der Waals surface area contributed by atoms with Crippen molar-refractivity contribution in [2.24, 2.45) is 0 Å². The number of aldehydes is 1. The second-order valence-electron chi connectivity index (χ2n) is 3.78. The summed E-state index contributed by atoms with van der Waals surface area (Å²) >= 11 is 11.7. The van der Waals surface area contributed by atoms with Gasteiger partial charge in [-0.2, -0.15) is 0 Å². The van der Waals surface area contributed by atoms with Crippen LogP contribution in [0.25, 0.3) is 11.1 Å². The molecule has 6 heteroatoms. The first kappa shape index (κ1) is 13.5. The third-order valence-electron chi connectivity index (χ3n) is 2.61. The Hall–Kier alpha value is -1.91. The van der Waals surface area contributed by atoms with E-state index >= 15 is 0 Å². The van der Waals surface area contributed by atoms with Crippen LogP contribution in [0.15, 0.2) is 36.4 Å². The average Bonchev–Trinajstić information content (AvgIpc) is 2.41. The van der Waals surface area contributed by atoms with E-state index < -0.39 is 4.92 Å². The highest BCUT2D eigenvalue weighted by atomic mass is 35.5. The van der Waals surface area contributed by atoms with Crippen LogP contribution in [-0.2, 0) is 0 Å². The highest BCUT2D eigenvalue weighted by Gasteiger charge is 2.14. The highest BCUT2D eigenvalue weighted by molar-refractivity contribution is 6.42. The van der Waals surface area contributed by atoms with Crippen LogP contribution < -0.4 is 0 Å². The number of nitro groups is 1. The molecule has 0 unspecified atom stereocenters. The molecular weight excluding hydrogens is 289 g/mol. The first-order valence-corrected chi connectivity index (χ1v) is 5.97. The molecule has 0 bridgehead atoms. The van der Waals surface area contributed by atoms with Crippen LogP contribution in [0.3, 0.4) is 0 Å². The molecule has 0 aliphatic carbocycles. The van der Waals surface area contributed by atoms with Gasteiger partial charge in [-0.05, 0) is 29.3 Å². The van der Waals surface area contributed by atoms with Crippen molar-refractivity contribution in [3.05, 3.63) is 62.1 Å². The van der Waals surface area contributed by atoms with Crippen LogP contribution in [0.2, 0.25) is 10.0 Å². The van der Waals surface area contributed by atoms with Gasteiger partial charge in [-0.25, -0.2) is 0 Å². The lowest BCUT2D eigenvalue weighted by Crippen LogP contribution is -1.94. The van der Waals surface area contributed by atoms with Gasteiger partial charge < -0.3 is 0 Å². The minimum Gasteiger partial charge on any atom is -0.298 e. The van der Waals surface area contributed by atoms with E-state index in [1.807, 2.05) is 0 Å². The van der Waals surface area contributed by atoms with Crippen molar-refractivity contribution in [1.82, 2.24) is 0 Å². The molecule has 2 aromatic carbocycles. The molecule has 2 rings (SSSR count). The van der Waals surface area contributed by atoms with Crippen molar-refractivity contribution in [3.8, 4) is 11.1 Å². The molecule has 0 spiro atoms. The van der Waals surface area contributed by atoms with E-state index in [1.165, 1.54) is 12.1 Å². The van der Waals surface area contributed by atoms with Crippen LogP contribution >= 0.6 is 23.2 Å². The molecule has 0 aromatic heterocycles. The third kappa shape index (κ3) is 2.75. The van der Waals surface area contributed by atoms with E-state index in [2.05, 4.69) is 0 Å². The Labute approximate surface area is 118 Å². The topological polar surface area (TPSA) is 60.2 Å². The Morgan fingerprint density at radius 1 is 1.00 bits per heavy atom. The predicted molar refractivity (Wildman–Crippen MR) is 73.9 cm³/mol. The lowest BCUT2D eigenvalue weighted by atomic mass is 10.0. The largest absolute Gasteiger partial charge is 0.298 e. The normalized spacial score (nSPS) is 10.2. The standard InChI is InChI=1S/C13H7Cl2NO3/c14-11-4-3-8(5-12(11)15)9-1-2-10(7-17)13(6-9)16(18)19/h1-7H. The van der Waals surface area contributed by atoms with Gasteiger partial charge in [0.1, 0.15) is 0 Å². The quantitative estimate of drug-likeness (QED) is 0.479. The van der Waals surface area contributed by atoms with Crippen LogP contribution in [0.5, 0.6) is 0 Å². The Bertz CT molecular complexity index is 671. The number of carbonyl (C=O) groups excluding carboxylic acids is 1. The molecule has 0 aliphatic heterocycles. The molecule has 0 saturated carbocycles. The fraction of sp³-hybridized carbons (Fsp3) is 0. The van der Waals surface area contributed by atoms with Crippen LogP contribution in [0.4, 0.5) is 5.69 Å². The Morgan fingerprint density at radius 2 is 1.63 bits per heavy atom. The first-order valence-electron chi connectivity index (χ1n) is 5.22.